The van der Waals surface area contributed by atoms with Gasteiger partial charge in [0.1, 0.15) is 37.3 Å². The van der Waals surface area contributed by atoms with Gasteiger partial charge in [-0.3, -0.25) is 38.0 Å². The second-order valence-corrected chi connectivity index (χ2v) is 18.8. The van der Waals surface area contributed by atoms with Crippen LogP contribution >= 0.6 is 7.75 Å². The van der Waals surface area contributed by atoms with Crippen molar-refractivity contribution in [2.24, 2.45) is 10.2 Å². The van der Waals surface area contributed by atoms with E-state index in [0.717, 1.165) is 44.6 Å². The molecule has 2 fully saturated rings. The second-order valence-electron chi connectivity index (χ2n) is 17.2. The number of ether oxygens (including phenoxy) is 5. The van der Waals surface area contributed by atoms with E-state index in [0.29, 0.717) is 5.56 Å². The van der Waals surface area contributed by atoms with Crippen molar-refractivity contribution in [2.45, 2.75) is 88.4 Å². The summed E-state index contributed by atoms with van der Waals surface area (Å²) in [5, 5.41) is 13.9. The lowest BCUT2D eigenvalue weighted by atomic mass is 10.1. The maximum absolute atomic E-state index is 12.9. The van der Waals surface area contributed by atoms with Gasteiger partial charge in [-0.1, -0.05) is 46.6 Å². The average molecular weight is 1060 g/mol. The van der Waals surface area contributed by atoms with Crippen LogP contribution in [0.1, 0.15) is 47.6 Å². The van der Waals surface area contributed by atoms with Crippen molar-refractivity contribution in [1.29, 1.82) is 0 Å². The van der Waals surface area contributed by atoms with Gasteiger partial charge < -0.3 is 43.9 Å². The Balaban J connectivity index is 0.000000219. The molecule has 29 nitrogen and oxygen atoms in total. The van der Waals surface area contributed by atoms with Crippen LogP contribution < -0.4 is 32.9 Å². The Labute approximate surface area is 422 Å². The van der Waals surface area contributed by atoms with Crippen LogP contribution in [0.2, 0.25) is 0 Å². The van der Waals surface area contributed by atoms with E-state index in [1.165, 1.54) is 37.9 Å². The number of aryl methyl sites for hydroxylation is 2. The van der Waals surface area contributed by atoms with Crippen LogP contribution in [0.5, 0.6) is 0 Å². The number of aromatic nitrogens is 6. The first-order valence-electron chi connectivity index (χ1n) is 22.9. The zero-order valence-corrected chi connectivity index (χ0v) is 41.4. The number of fused-ring (bicyclic) bond motifs is 2. The number of alkyl carbamates (subject to hydrolysis) is 1. The number of carbonyl (C=O) groups is 3. The zero-order chi connectivity index (χ0) is 54.0. The molecule has 75 heavy (non-hydrogen) atoms. The number of para-hydroxylation sites is 2. The summed E-state index contributed by atoms with van der Waals surface area (Å²) in [6.45, 7) is 2.23. The van der Waals surface area contributed by atoms with E-state index in [-0.39, 0.29) is 37.9 Å². The van der Waals surface area contributed by atoms with Crippen molar-refractivity contribution >= 4 is 47.6 Å². The van der Waals surface area contributed by atoms with Crippen molar-refractivity contribution in [3.8, 4) is 0 Å². The summed E-state index contributed by atoms with van der Waals surface area (Å²) in [5.41, 5.74) is 19.2. The molecule has 30 heteroatoms. The Hall–Kier alpha value is -8.26. The van der Waals surface area contributed by atoms with Gasteiger partial charge in [-0.05, 0) is 48.2 Å². The summed E-state index contributed by atoms with van der Waals surface area (Å²) in [6, 6.07) is 11.1. The van der Waals surface area contributed by atoms with Crippen LogP contribution in [0.25, 0.3) is 42.7 Å². The lowest BCUT2D eigenvalue weighted by Gasteiger charge is -2.22. The third-order valence-electron chi connectivity index (χ3n) is 12.3. The highest BCUT2D eigenvalue weighted by Gasteiger charge is 2.40. The molecule has 2 saturated heterocycles. The fraction of sp³-hybridized carbons (Fsp3) is 0.400. The van der Waals surface area contributed by atoms with Gasteiger partial charge in [0.05, 0.1) is 39.0 Å². The van der Waals surface area contributed by atoms with E-state index in [1.807, 2.05) is 48.5 Å². The van der Waals surface area contributed by atoms with Crippen LogP contribution in [-0.2, 0) is 55.2 Å². The molecule has 6 heterocycles. The fourth-order valence-corrected chi connectivity index (χ4v) is 9.51. The minimum absolute atomic E-state index is 0.0302. The second kappa shape index (κ2) is 24.2. The number of hydrogen-bond donors (Lipinski definition) is 7. The molecule has 396 valence electrons. The van der Waals surface area contributed by atoms with Crippen molar-refractivity contribution in [1.82, 2.24) is 39.5 Å². The monoisotopic (exact) mass is 1060 g/mol. The number of azide groups is 2. The van der Waals surface area contributed by atoms with Crippen LogP contribution in [0, 0.1) is 13.8 Å². The normalized spacial score (nSPS) is 20.6. The van der Waals surface area contributed by atoms with Crippen molar-refractivity contribution in [3.05, 3.63) is 158 Å². The smallest absolute Gasteiger partial charge is 0.407 e. The predicted octanol–water partition coefficient (Wildman–Crippen LogP) is 3.59. The Morgan fingerprint density at radius 3 is 1.69 bits per heavy atom. The molecule has 0 aliphatic carbocycles. The molecule has 0 radical (unpaired) electrons. The number of rotatable bonds is 18. The topological polar surface area (TPSA) is 407 Å². The Bertz CT molecular complexity index is 3460. The number of nitrogens with one attached hydrogen (secondary N) is 6. The Morgan fingerprint density at radius 2 is 1.21 bits per heavy atom. The SMILES string of the molecule is COC(=O)[C@@H](Cc1c[nH]c2ccccc12)NP(=O)(O)OC[C@H]1O[C@@H](n2cc(C)c(=O)[nH]c2=O)CC1N=[N+]=[N-].COC(=O)[C@H](Cc1c[nH]c2ccccc12)NC(=O)OC[C@H]1O[C@@H](n2cc(C)c(=O)[nH]c2=O)CC1N=[N+]=[N-]. The number of nitrogens with zero attached hydrogens (tertiary/aromatic N) is 8. The number of amides is 1. The zero-order valence-electron chi connectivity index (χ0n) is 40.5. The number of carbonyl (C=O) groups excluding carboxylic acids is 3. The summed E-state index contributed by atoms with van der Waals surface area (Å²) in [7, 11) is -2.22. The predicted molar refractivity (Wildman–Crippen MR) is 264 cm³/mol. The van der Waals surface area contributed by atoms with Crippen molar-refractivity contribution in [3.63, 3.8) is 0 Å². The standard InChI is InChI=1S/C23H25N7O7.C22H26N7O8P/c1-12-10-30(22(33)27-20(12)31)19-8-16(28-29-24)18(37-19)11-36-23(34)26-17(21(32)35-2)7-13-9-25-15-6-4-3-5-14(13)15;1-12-10-29(22(32)25-20(12)30)19-8-16(26-28-23)18(37-19)11-36-38(33,34)27-17(21(31)35-2)7-13-9-24-15-6-4-3-5-14(13)15/h3-6,9-10,16-19,25H,7-8,11H2,1-2H3,(H,26,34)(H,27,31,33);3-6,9-10,16-19,24H,7-8,11H2,1-2H3,(H,25,30,32)(H2,27,33,34)/t16?,17-,18+,19+;16?,17-,18-,19-/m01/s1. The van der Waals surface area contributed by atoms with Gasteiger partial charge >= 0.3 is 37.2 Å². The van der Waals surface area contributed by atoms with E-state index in [2.05, 4.69) is 50.4 Å². The summed E-state index contributed by atoms with van der Waals surface area (Å²) in [4.78, 5) is 112. The lowest BCUT2D eigenvalue weighted by molar-refractivity contribution is -0.143. The third kappa shape index (κ3) is 13.3. The molecule has 2 aliphatic heterocycles. The summed E-state index contributed by atoms with van der Waals surface area (Å²) < 4.78 is 47.0. The molecule has 0 spiro atoms. The maximum atomic E-state index is 12.9. The minimum atomic E-state index is -4.60. The van der Waals surface area contributed by atoms with Gasteiger partial charge in [-0.2, -0.15) is 0 Å². The van der Waals surface area contributed by atoms with E-state index in [1.54, 1.807) is 12.4 Å². The largest absolute Gasteiger partial charge is 0.468 e. The van der Waals surface area contributed by atoms with Gasteiger partial charge in [-0.15, -0.1) is 0 Å². The first-order valence-corrected chi connectivity index (χ1v) is 24.5. The molecule has 0 saturated carbocycles. The van der Waals surface area contributed by atoms with Gasteiger partial charge in [0.15, 0.2) is 0 Å². The highest BCUT2D eigenvalue weighted by atomic mass is 31.2. The third-order valence-corrected chi connectivity index (χ3v) is 13.4. The number of benzene rings is 2. The first-order chi connectivity index (χ1) is 35.9. The summed E-state index contributed by atoms with van der Waals surface area (Å²) in [5.74, 6) is -1.43. The van der Waals surface area contributed by atoms with E-state index < -0.39 is 104 Å². The highest BCUT2D eigenvalue weighted by molar-refractivity contribution is 7.50. The van der Waals surface area contributed by atoms with E-state index in [4.69, 9.17) is 39.3 Å². The van der Waals surface area contributed by atoms with Crippen LogP contribution in [0.15, 0.2) is 103 Å². The number of H-pyrrole nitrogens is 4. The number of esters is 2. The van der Waals surface area contributed by atoms with Gasteiger partial charge in [0.25, 0.3) is 11.1 Å². The molecule has 0 bridgehead atoms. The number of hydrogen-bond acceptors (Lipinski definition) is 16. The maximum Gasteiger partial charge on any atom is 0.407 e. The van der Waals surface area contributed by atoms with Crippen molar-refractivity contribution in [2.75, 3.05) is 27.4 Å². The van der Waals surface area contributed by atoms with Gasteiger partial charge in [0, 0.05) is 93.2 Å². The quantitative estimate of drug-likeness (QED) is 0.0161. The van der Waals surface area contributed by atoms with Gasteiger partial charge in [0.2, 0.25) is 0 Å². The molecular weight excluding hydrogens is 1010 g/mol. The molecular formula is C45H51N14O15P. The van der Waals surface area contributed by atoms with E-state index in [9.17, 15) is 43.0 Å². The molecule has 1 amide bonds. The van der Waals surface area contributed by atoms with Gasteiger partial charge in [-0.25, -0.2) is 28.8 Å². The first kappa shape index (κ1) is 54.5. The molecule has 8 rings (SSSR count). The van der Waals surface area contributed by atoms with Crippen molar-refractivity contribution < 1.29 is 52.1 Å². The average Bonchev–Trinajstić information content (AvgIpc) is 4.20. The summed E-state index contributed by atoms with van der Waals surface area (Å²) >= 11 is 0. The minimum Gasteiger partial charge on any atom is -0.468 e. The Morgan fingerprint density at radius 1 is 0.760 bits per heavy atom. The summed E-state index contributed by atoms with van der Waals surface area (Å²) in [6.07, 6.45) is 1.94. The molecule has 2 aliphatic rings. The molecule has 3 unspecified atom stereocenters. The lowest BCUT2D eigenvalue weighted by Crippen LogP contribution is -2.44. The fourth-order valence-electron chi connectivity index (χ4n) is 8.50. The van der Waals surface area contributed by atoms with Crippen LogP contribution in [0.4, 0.5) is 4.79 Å². The van der Waals surface area contributed by atoms with Crippen LogP contribution in [0.3, 0.4) is 0 Å². The highest BCUT2D eigenvalue weighted by Crippen LogP contribution is 2.41. The number of methoxy groups -OCH3 is 2. The molecule has 4 aromatic heterocycles. The number of aromatic amines is 4. The molecule has 6 aromatic rings. The van der Waals surface area contributed by atoms with Crippen LogP contribution in [-0.4, -0.2) is 116 Å². The molecule has 7 N–H and O–H groups in total. The Kier molecular flexibility index (Phi) is 17.6. The molecule has 2 aromatic carbocycles. The molecule has 9 atom stereocenters. The van der Waals surface area contributed by atoms with E-state index >= 15 is 0 Å².